The largest absolute Gasteiger partial charge is 0.355 e. The lowest BCUT2D eigenvalue weighted by atomic mass is 10.1. The third-order valence-corrected chi connectivity index (χ3v) is 5.86. The highest BCUT2D eigenvalue weighted by Gasteiger charge is 2.19. The predicted molar refractivity (Wildman–Crippen MR) is 129 cm³/mol. The lowest BCUT2D eigenvalue weighted by Crippen LogP contribution is -2.18. The first-order chi connectivity index (χ1) is 16.0. The van der Waals surface area contributed by atoms with Crippen LogP contribution in [0.2, 0.25) is 10.0 Å². The Morgan fingerprint density at radius 2 is 1.88 bits per heavy atom. The number of amides is 1. The SMILES string of the molecule is CNC(=O)c1cc(Cn2cc(-c3c(-c4ccc(Cl)cc4)nc4ccccn34)nn2)ccc1Cl. The maximum Gasteiger partial charge on any atom is 0.252 e. The molecule has 1 amide bonds. The number of imidazole rings is 1. The minimum atomic E-state index is -0.237. The van der Waals surface area contributed by atoms with Gasteiger partial charge < -0.3 is 5.32 Å². The van der Waals surface area contributed by atoms with Crippen LogP contribution in [0.3, 0.4) is 0 Å². The van der Waals surface area contributed by atoms with Crippen molar-refractivity contribution in [2.75, 3.05) is 7.05 Å². The number of pyridine rings is 1. The zero-order valence-electron chi connectivity index (χ0n) is 17.5. The van der Waals surface area contributed by atoms with E-state index in [0.29, 0.717) is 27.8 Å². The molecule has 0 spiro atoms. The fourth-order valence-corrected chi connectivity index (χ4v) is 4.03. The summed E-state index contributed by atoms with van der Waals surface area (Å²) in [5, 5.41) is 12.4. The van der Waals surface area contributed by atoms with Gasteiger partial charge in [0.15, 0.2) is 0 Å². The molecular weight excluding hydrogens is 459 g/mol. The van der Waals surface area contributed by atoms with E-state index in [-0.39, 0.29) is 5.91 Å². The number of hydrogen-bond acceptors (Lipinski definition) is 4. The predicted octanol–water partition coefficient (Wildman–Crippen LogP) is 4.97. The fraction of sp³-hybridized carbons (Fsp3) is 0.0833. The smallest absolute Gasteiger partial charge is 0.252 e. The molecule has 0 aliphatic carbocycles. The van der Waals surface area contributed by atoms with Crippen molar-refractivity contribution >= 4 is 34.8 Å². The summed E-state index contributed by atoms with van der Waals surface area (Å²) in [7, 11) is 1.57. The zero-order chi connectivity index (χ0) is 22.9. The molecule has 9 heteroatoms. The molecule has 7 nitrogen and oxygen atoms in total. The Morgan fingerprint density at radius 1 is 1.06 bits per heavy atom. The summed E-state index contributed by atoms with van der Waals surface area (Å²) in [6, 6.07) is 18.7. The topological polar surface area (TPSA) is 77.1 Å². The average Bonchev–Trinajstić information content (AvgIpc) is 3.44. The first-order valence-electron chi connectivity index (χ1n) is 10.2. The molecule has 0 saturated carbocycles. The van der Waals surface area contributed by atoms with Gasteiger partial charge in [0.1, 0.15) is 17.0 Å². The number of fused-ring (bicyclic) bond motifs is 1. The third kappa shape index (κ3) is 4.08. The Bertz CT molecular complexity index is 1470. The van der Waals surface area contributed by atoms with Crippen molar-refractivity contribution in [2.24, 2.45) is 0 Å². The number of nitrogens with one attached hydrogen (secondary N) is 1. The van der Waals surface area contributed by atoms with Crippen molar-refractivity contribution in [1.29, 1.82) is 0 Å². The first-order valence-corrected chi connectivity index (χ1v) is 10.9. The monoisotopic (exact) mass is 476 g/mol. The van der Waals surface area contributed by atoms with Crippen LogP contribution in [0.1, 0.15) is 15.9 Å². The van der Waals surface area contributed by atoms with E-state index in [9.17, 15) is 4.79 Å². The molecule has 164 valence electrons. The van der Waals surface area contributed by atoms with Gasteiger partial charge in [0.05, 0.1) is 29.0 Å². The highest BCUT2D eigenvalue weighted by Crippen LogP contribution is 2.32. The zero-order valence-corrected chi connectivity index (χ0v) is 19.0. The fourth-order valence-electron chi connectivity index (χ4n) is 3.70. The van der Waals surface area contributed by atoms with Gasteiger partial charge in [-0.3, -0.25) is 9.20 Å². The van der Waals surface area contributed by atoms with Crippen molar-refractivity contribution < 1.29 is 4.79 Å². The Labute approximate surface area is 199 Å². The van der Waals surface area contributed by atoms with Gasteiger partial charge in [-0.05, 0) is 42.0 Å². The second-order valence-corrected chi connectivity index (χ2v) is 8.28. The van der Waals surface area contributed by atoms with E-state index in [1.54, 1.807) is 23.9 Å². The van der Waals surface area contributed by atoms with E-state index in [0.717, 1.165) is 28.2 Å². The van der Waals surface area contributed by atoms with Gasteiger partial charge in [-0.2, -0.15) is 0 Å². The lowest BCUT2D eigenvalue weighted by Gasteiger charge is -2.06. The van der Waals surface area contributed by atoms with E-state index in [1.165, 1.54) is 0 Å². The second-order valence-electron chi connectivity index (χ2n) is 7.44. The first kappa shape index (κ1) is 21.2. The summed E-state index contributed by atoms with van der Waals surface area (Å²) in [6.45, 7) is 0.432. The summed E-state index contributed by atoms with van der Waals surface area (Å²) in [5.41, 5.74) is 5.34. The molecule has 1 N–H and O–H groups in total. The van der Waals surface area contributed by atoms with Crippen LogP contribution in [0.4, 0.5) is 0 Å². The number of carbonyl (C=O) groups is 1. The van der Waals surface area contributed by atoms with Gasteiger partial charge >= 0.3 is 0 Å². The molecule has 5 rings (SSSR count). The maximum absolute atomic E-state index is 12.1. The molecule has 0 fully saturated rings. The molecule has 0 aliphatic rings. The summed E-state index contributed by atoms with van der Waals surface area (Å²) in [5.74, 6) is -0.237. The number of benzene rings is 2. The Hall–Kier alpha value is -3.68. The van der Waals surface area contributed by atoms with Gasteiger partial charge in [0, 0.05) is 23.8 Å². The lowest BCUT2D eigenvalue weighted by molar-refractivity contribution is 0.0963. The maximum atomic E-state index is 12.1. The molecule has 3 heterocycles. The van der Waals surface area contributed by atoms with Gasteiger partial charge in [-0.25, -0.2) is 9.67 Å². The van der Waals surface area contributed by atoms with Crippen molar-refractivity contribution in [3.05, 3.63) is 94.2 Å². The molecule has 0 bridgehead atoms. The number of nitrogens with zero attached hydrogens (tertiary/aromatic N) is 5. The van der Waals surface area contributed by atoms with Crippen LogP contribution in [0.25, 0.3) is 28.3 Å². The molecule has 0 atom stereocenters. The van der Waals surface area contributed by atoms with E-state index < -0.39 is 0 Å². The molecule has 2 aromatic carbocycles. The molecular formula is C24H18Cl2N6O. The van der Waals surface area contributed by atoms with E-state index in [4.69, 9.17) is 28.2 Å². The van der Waals surface area contributed by atoms with Crippen LogP contribution in [-0.4, -0.2) is 37.3 Å². The Kier molecular flexibility index (Phi) is 5.58. The third-order valence-electron chi connectivity index (χ3n) is 5.28. The van der Waals surface area contributed by atoms with Crippen molar-refractivity contribution in [1.82, 2.24) is 29.7 Å². The summed E-state index contributed by atoms with van der Waals surface area (Å²) >= 11 is 12.3. The van der Waals surface area contributed by atoms with Crippen LogP contribution in [0.5, 0.6) is 0 Å². The van der Waals surface area contributed by atoms with E-state index >= 15 is 0 Å². The molecule has 3 aromatic heterocycles. The van der Waals surface area contributed by atoms with Gasteiger partial charge in [0.25, 0.3) is 5.91 Å². The molecule has 0 unspecified atom stereocenters. The van der Waals surface area contributed by atoms with Crippen LogP contribution in [0.15, 0.2) is 73.1 Å². The molecule has 33 heavy (non-hydrogen) atoms. The minimum Gasteiger partial charge on any atom is -0.355 e. The number of halogens is 2. The minimum absolute atomic E-state index is 0.237. The number of rotatable bonds is 5. The normalized spacial score (nSPS) is 11.1. The highest BCUT2D eigenvalue weighted by molar-refractivity contribution is 6.33. The quantitative estimate of drug-likeness (QED) is 0.388. The number of carbonyl (C=O) groups excluding carboxylic acids is 1. The van der Waals surface area contributed by atoms with Crippen LogP contribution >= 0.6 is 23.2 Å². The standard InChI is InChI=1S/C24H18Cl2N6O/c1-27-24(33)18-12-15(5-10-19(18)26)13-31-14-20(29-30-31)23-22(16-6-8-17(25)9-7-16)28-21-4-2-3-11-32(21)23/h2-12,14H,13H2,1H3,(H,27,33). The molecule has 0 radical (unpaired) electrons. The second kappa shape index (κ2) is 8.69. The molecule has 0 aliphatic heterocycles. The van der Waals surface area contributed by atoms with Crippen molar-refractivity contribution in [2.45, 2.75) is 6.54 Å². The van der Waals surface area contributed by atoms with Crippen molar-refractivity contribution in [3.63, 3.8) is 0 Å². The van der Waals surface area contributed by atoms with Gasteiger partial charge in [-0.15, -0.1) is 5.10 Å². The van der Waals surface area contributed by atoms with Crippen LogP contribution in [0, 0.1) is 0 Å². The Balaban J connectivity index is 1.54. The number of aromatic nitrogens is 5. The van der Waals surface area contributed by atoms with Gasteiger partial charge in [0.2, 0.25) is 0 Å². The molecule has 5 aromatic rings. The van der Waals surface area contributed by atoms with Crippen LogP contribution in [-0.2, 0) is 6.54 Å². The van der Waals surface area contributed by atoms with E-state index in [1.807, 2.05) is 65.3 Å². The molecule has 0 saturated heterocycles. The average molecular weight is 477 g/mol. The number of hydrogen-bond donors (Lipinski definition) is 1. The highest BCUT2D eigenvalue weighted by atomic mass is 35.5. The summed E-state index contributed by atoms with van der Waals surface area (Å²) < 4.78 is 3.71. The van der Waals surface area contributed by atoms with Crippen LogP contribution < -0.4 is 5.32 Å². The van der Waals surface area contributed by atoms with E-state index in [2.05, 4.69) is 15.6 Å². The summed E-state index contributed by atoms with van der Waals surface area (Å²) in [4.78, 5) is 16.9. The van der Waals surface area contributed by atoms with Gasteiger partial charge in [-0.1, -0.05) is 52.7 Å². The van der Waals surface area contributed by atoms with Crippen molar-refractivity contribution in [3.8, 4) is 22.6 Å². The Morgan fingerprint density at radius 3 is 2.67 bits per heavy atom. The summed E-state index contributed by atoms with van der Waals surface area (Å²) in [6.07, 6.45) is 3.81.